The van der Waals surface area contributed by atoms with E-state index in [4.69, 9.17) is 0 Å². The Kier molecular flexibility index (Phi) is 6.92. The number of hydrogen-bond donors (Lipinski definition) is 0. The lowest BCUT2D eigenvalue weighted by molar-refractivity contribution is -0.134. The van der Waals surface area contributed by atoms with Gasteiger partial charge in [-0.15, -0.1) is 0 Å². The molecule has 2 aliphatic rings. The van der Waals surface area contributed by atoms with Crippen LogP contribution < -0.4 is 0 Å². The molecule has 0 bridgehead atoms. The average molecular weight is 343 g/mol. The number of likely N-dealkylation sites (tertiary alicyclic amines) is 2. The molecule has 25 heavy (non-hydrogen) atoms. The summed E-state index contributed by atoms with van der Waals surface area (Å²) in [5.74, 6) is 1.23. The van der Waals surface area contributed by atoms with Crippen LogP contribution in [0.5, 0.6) is 0 Å². The van der Waals surface area contributed by atoms with E-state index in [0.29, 0.717) is 18.4 Å². The first-order valence-electron chi connectivity index (χ1n) is 10.3. The Morgan fingerprint density at radius 1 is 1.00 bits per heavy atom. The van der Waals surface area contributed by atoms with Gasteiger partial charge in [-0.2, -0.15) is 0 Å². The highest BCUT2D eigenvalue weighted by molar-refractivity contribution is 5.76. The molecule has 1 atom stereocenters. The summed E-state index contributed by atoms with van der Waals surface area (Å²) in [5.41, 5.74) is 1.27. The zero-order chi connectivity index (χ0) is 17.5. The normalized spacial score (nSPS) is 23.4. The lowest BCUT2D eigenvalue weighted by Gasteiger charge is -2.37. The fourth-order valence-corrected chi connectivity index (χ4v) is 4.28. The van der Waals surface area contributed by atoms with Crippen LogP contribution >= 0.6 is 0 Å². The Balaban J connectivity index is 1.56. The van der Waals surface area contributed by atoms with Gasteiger partial charge in [0.2, 0.25) is 5.91 Å². The highest BCUT2D eigenvalue weighted by atomic mass is 16.2. The molecule has 2 saturated heterocycles. The van der Waals surface area contributed by atoms with Gasteiger partial charge in [0, 0.05) is 25.6 Å². The van der Waals surface area contributed by atoms with Crippen molar-refractivity contribution in [1.29, 1.82) is 0 Å². The number of benzene rings is 1. The number of nitrogens with zero attached hydrogens (tertiary/aromatic N) is 2. The van der Waals surface area contributed by atoms with Gasteiger partial charge in [-0.3, -0.25) is 4.79 Å². The lowest BCUT2D eigenvalue weighted by Crippen LogP contribution is -2.48. The van der Waals surface area contributed by atoms with Crippen LogP contribution in [0.3, 0.4) is 0 Å². The Labute approximate surface area is 153 Å². The van der Waals surface area contributed by atoms with Gasteiger partial charge in [0.1, 0.15) is 0 Å². The van der Waals surface area contributed by atoms with E-state index >= 15 is 0 Å². The number of aryl methyl sites for hydroxylation is 1. The van der Waals surface area contributed by atoms with E-state index in [1.165, 1.54) is 57.2 Å². The third kappa shape index (κ3) is 5.57. The molecule has 2 fully saturated rings. The van der Waals surface area contributed by atoms with E-state index in [2.05, 4.69) is 41.0 Å². The second-order valence-corrected chi connectivity index (χ2v) is 8.06. The highest BCUT2D eigenvalue weighted by Gasteiger charge is 2.28. The molecule has 0 radical (unpaired) electrons. The Morgan fingerprint density at radius 2 is 1.76 bits per heavy atom. The van der Waals surface area contributed by atoms with Crippen LogP contribution in [0.25, 0.3) is 0 Å². The van der Waals surface area contributed by atoms with Gasteiger partial charge in [-0.1, -0.05) is 50.1 Å². The Bertz CT molecular complexity index is 522. The van der Waals surface area contributed by atoms with E-state index in [-0.39, 0.29) is 0 Å². The van der Waals surface area contributed by atoms with Gasteiger partial charge in [0.15, 0.2) is 0 Å². The number of piperidine rings is 1. The molecule has 1 aromatic rings. The van der Waals surface area contributed by atoms with Crippen molar-refractivity contribution in [2.75, 3.05) is 26.2 Å². The Morgan fingerprint density at radius 3 is 2.52 bits per heavy atom. The molecule has 0 saturated carbocycles. The minimum Gasteiger partial charge on any atom is -0.338 e. The summed E-state index contributed by atoms with van der Waals surface area (Å²) in [5, 5.41) is 0. The quantitative estimate of drug-likeness (QED) is 0.803. The first-order valence-corrected chi connectivity index (χ1v) is 10.3. The van der Waals surface area contributed by atoms with Crippen molar-refractivity contribution in [3.63, 3.8) is 0 Å². The molecule has 0 aromatic heterocycles. The van der Waals surface area contributed by atoms with E-state index < -0.39 is 0 Å². The van der Waals surface area contributed by atoms with Crippen molar-refractivity contribution in [2.24, 2.45) is 5.92 Å². The summed E-state index contributed by atoms with van der Waals surface area (Å²) in [6, 6.07) is 10.8. The van der Waals surface area contributed by atoms with Crippen molar-refractivity contribution in [1.82, 2.24) is 9.80 Å². The summed E-state index contributed by atoms with van der Waals surface area (Å²) in [6.45, 7) is 6.84. The van der Waals surface area contributed by atoms with Crippen molar-refractivity contribution in [3.8, 4) is 0 Å². The van der Waals surface area contributed by atoms with Crippen LogP contribution in [0.4, 0.5) is 0 Å². The van der Waals surface area contributed by atoms with Gasteiger partial charge in [0.25, 0.3) is 0 Å². The smallest absolute Gasteiger partial charge is 0.223 e. The molecule has 1 amide bonds. The maximum absolute atomic E-state index is 12.9. The first-order chi connectivity index (χ1) is 12.2. The molecule has 1 aromatic carbocycles. The number of carbonyl (C=O) groups excluding carboxylic acids is 1. The molecule has 2 aliphatic heterocycles. The highest BCUT2D eigenvalue weighted by Crippen LogP contribution is 2.22. The Hall–Kier alpha value is -1.35. The number of amides is 1. The summed E-state index contributed by atoms with van der Waals surface area (Å²) in [4.78, 5) is 17.8. The molecule has 3 heteroatoms. The number of rotatable bonds is 5. The standard InChI is InChI=1S/C22H34N2O/c1-19-13-16-23(17-14-19)18-21-10-6-3-7-15-24(21)22(25)12-11-20-8-4-2-5-9-20/h2,4-5,8-9,19,21H,3,6-7,10-18H2,1H3. The van der Waals surface area contributed by atoms with E-state index in [1.54, 1.807) is 0 Å². The fraction of sp³-hybridized carbons (Fsp3) is 0.682. The number of carbonyl (C=O) groups is 1. The molecular weight excluding hydrogens is 308 g/mol. The topological polar surface area (TPSA) is 23.6 Å². The maximum Gasteiger partial charge on any atom is 0.223 e. The molecule has 0 N–H and O–H groups in total. The van der Waals surface area contributed by atoms with Crippen LogP contribution in [0, 0.1) is 5.92 Å². The molecule has 1 unspecified atom stereocenters. The van der Waals surface area contributed by atoms with E-state index in [0.717, 1.165) is 25.4 Å². The fourth-order valence-electron chi connectivity index (χ4n) is 4.28. The summed E-state index contributed by atoms with van der Waals surface area (Å²) < 4.78 is 0. The zero-order valence-corrected chi connectivity index (χ0v) is 15.8. The van der Waals surface area contributed by atoms with Crippen molar-refractivity contribution in [3.05, 3.63) is 35.9 Å². The van der Waals surface area contributed by atoms with Crippen molar-refractivity contribution >= 4 is 5.91 Å². The predicted molar refractivity (Wildman–Crippen MR) is 104 cm³/mol. The largest absolute Gasteiger partial charge is 0.338 e. The monoisotopic (exact) mass is 342 g/mol. The minimum absolute atomic E-state index is 0.362. The summed E-state index contributed by atoms with van der Waals surface area (Å²) in [6.07, 6.45) is 9.05. The van der Waals surface area contributed by atoms with E-state index in [9.17, 15) is 4.79 Å². The molecule has 3 rings (SSSR count). The van der Waals surface area contributed by atoms with Gasteiger partial charge >= 0.3 is 0 Å². The van der Waals surface area contributed by atoms with Gasteiger partial charge < -0.3 is 9.80 Å². The third-order valence-electron chi connectivity index (χ3n) is 6.01. The average Bonchev–Trinajstić information content (AvgIpc) is 2.88. The second-order valence-electron chi connectivity index (χ2n) is 8.06. The van der Waals surface area contributed by atoms with Crippen LogP contribution in [0.15, 0.2) is 30.3 Å². The summed E-state index contributed by atoms with van der Waals surface area (Å²) in [7, 11) is 0. The second kappa shape index (κ2) is 9.38. The van der Waals surface area contributed by atoms with Crippen LogP contribution in [-0.2, 0) is 11.2 Å². The molecule has 138 valence electrons. The number of hydrogen-bond acceptors (Lipinski definition) is 2. The zero-order valence-electron chi connectivity index (χ0n) is 15.8. The molecule has 3 nitrogen and oxygen atoms in total. The first kappa shape index (κ1) is 18.4. The third-order valence-corrected chi connectivity index (χ3v) is 6.01. The molecule has 0 aliphatic carbocycles. The predicted octanol–water partition coefficient (Wildman–Crippen LogP) is 4.12. The van der Waals surface area contributed by atoms with Crippen molar-refractivity contribution < 1.29 is 4.79 Å². The van der Waals surface area contributed by atoms with Crippen LogP contribution in [0.1, 0.15) is 57.4 Å². The van der Waals surface area contributed by atoms with Gasteiger partial charge in [-0.25, -0.2) is 0 Å². The maximum atomic E-state index is 12.9. The van der Waals surface area contributed by atoms with E-state index in [1.807, 2.05) is 6.07 Å². The molecule has 0 spiro atoms. The van der Waals surface area contributed by atoms with Crippen LogP contribution in [0.2, 0.25) is 0 Å². The SMILES string of the molecule is CC1CCN(CC2CCCCCN2C(=O)CCc2ccccc2)CC1. The van der Waals surface area contributed by atoms with Gasteiger partial charge in [0.05, 0.1) is 0 Å². The minimum atomic E-state index is 0.362. The lowest BCUT2D eigenvalue weighted by atomic mass is 9.98. The summed E-state index contributed by atoms with van der Waals surface area (Å²) >= 11 is 0. The van der Waals surface area contributed by atoms with Crippen LogP contribution in [-0.4, -0.2) is 47.9 Å². The van der Waals surface area contributed by atoms with Crippen molar-refractivity contribution in [2.45, 2.75) is 64.3 Å². The molecular formula is C22H34N2O. The molecule has 2 heterocycles. The van der Waals surface area contributed by atoms with Gasteiger partial charge in [-0.05, 0) is 56.7 Å².